The lowest BCUT2D eigenvalue weighted by Gasteiger charge is -2.60. The number of nitrogens with zero attached hydrogens (tertiary/aromatic N) is 1. The van der Waals surface area contributed by atoms with Crippen LogP contribution in [0.1, 0.15) is 112 Å². The highest BCUT2D eigenvalue weighted by Crippen LogP contribution is 2.68. The van der Waals surface area contributed by atoms with E-state index in [0.717, 1.165) is 30.1 Å². The van der Waals surface area contributed by atoms with Crippen LogP contribution in [0.25, 0.3) is 0 Å². The molecular formula is C29H47NO4. The topological polar surface area (TPSA) is 69.4 Å². The number of hydrogen-bond donors (Lipinski definition) is 0. The molecule has 0 spiro atoms. The summed E-state index contributed by atoms with van der Waals surface area (Å²) in [5.74, 6) is 4.68. The van der Waals surface area contributed by atoms with Gasteiger partial charge in [-0.2, -0.15) is 0 Å². The van der Waals surface area contributed by atoms with Crippen LogP contribution in [0.15, 0.2) is 11.5 Å². The lowest BCUT2D eigenvalue weighted by Crippen LogP contribution is -2.53. The van der Waals surface area contributed by atoms with E-state index in [1.165, 1.54) is 58.3 Å². The second kappa shape index (κ2) is 9.58. The second-order valence-corrected chi connectivity index (χ2v) is 13.3. The summed E-state index contributed by atoms with van der Waals surface area (Å²) in [5.41, 5.74) is 0.532. The lowest BCUT2D eigenvalue weighted by atomic mass is 9.44. The van der Waals surface area contributed by atoms with Crippen molar-refractivity contribution < 1.29 is 14.5 Å². The molecule has 0 bridgehead atoms. The van der Waals surface area contributed by atoms with Crippen LogP contribution in [0.2, 0.25) is 0 Å². The third-order valence-corrected chi connectivity index (χ3v) is 11.1. The van der Waals surface area contributed by atoms with Crippen LogP contribution >= 0.6 is 0 Å². The normalized spacial score (nSPS) is 40.4. The number of ether oxygens (including phenoxy) is 1. The highest BCUT2D eigenvalue weighted by molar-refractivity contribution is 5.67. The first kappa shape index (κ1) is 25.7. The van der Waals surface area contributed by atoms with Gasteiger partial charge in [0.15, 0.2) is 5.76 Å². The molecule has 0 aromatic heterocycles. The minimum absolute atomic E-state index is 0.0583. The third kappa shape index (κ3) is 4.46. The molecule has 0 amide bonds. The first-order valence-electron chi connectivity index (χ1n) is 14.0. The van der Waals surface area contributed by atoms with Crippen LogP contribution in [-0.4, -0.2) is 10.9 Å². The molecule has 34 heavy (non-hydrogen) atoms. The standard InChI is InChI=1S/C29H47NO4/c1-18(2)8-7-9-19(3)23-12-13-24-22-11-10-21-16-27(34-20(4)31)26(30(32)33)17-29(21,6)25(22)14-15-28(23,24)5/h18-19,21-25H,7-17H2,1-6H3/t19-,21+,22-,23+,24-,25-,28-,29+/m1/s1. The van der Waals surface area contributed by atoms with Gasteiger partial charge in [0, 0.05) is 19.8 Å². The number of carbonyl (C=O) groups is 1. The molecule has 3 fully saturated rings. The molecule has 0 N–H and O–H groups in total. The number of hydrogen-bond acceptors (Lipinski definition) is 4. The third-order valence-electron chi connectivity index (χ3n) is 11.1. The van der Waals surface area contributed by atoms with Crippen LogP contribution in [0, 0.1) is 62.4 Å². The zero-order valence-corrected chi connectivity index (χ0v) is 22.4. The molecule has 0 aromatic carbocycles. The highest BCUT2D eigenvalue weighted by Gasteiger charge is 2.61. The minimum atomic E-state index is -0.445. The van der Waals surface area contributed by atoms with Crippen molar-refractivity contribution in [1.29, 1.82) is 0 Å². The van der Waals surface area contributed by atoms with Crippen LogP contribution in [0.4, 0.5) is 0 Å². The van der Waals surface area contributed by atoms with Crippen molar-refractivity contribution in [2.45, 2.75) is 112 Å². The molecule has 0 aromatic rings. The van der Waals surface area contributed by atoms with E-state index in [1.807, 2.05) is 0 Å². The predicted molar refractivity (Wildman–Crippen MR) is 134 cm³/mol. The molecular weight excluding hydrogens is 426 g/mol. The monoisotopic (exact) mass is 473 g/mol. The molecule has 0 aliphatic heterocycles. The van der Waals surface area contributed by atoms with E-state index >= 15 is 0 Å². The van der Waals surface area contributed by atoms with Gasteiger partial charge in [-0.15, -0.1) is 0 Å². The summed E-state index contributed by atoms with van der Waals surface area (Å²) in [6.07, 6.45) is 12.6. The van der Waals surface area contributed by atoms with Crippen molar-refractivity contribution in [3.63, 3.8) is 0 Å². The van der Waals surface area contributed by atoms with Crippen molar-refractivity contribution in [2.75, 3.05) is 0 Å². The molecule has 5 heteroatoms. The Kier molecular flexibility index (Phi) is 7.24. The van der Waals surface area contributed by atoms with Crippen LogP contribution in [0.3, 0.4) is 0 Å². The molecule has 4 rings (SSSR count). The maximum atomic E-state index is 12.0. The zero-order chi connectivity index (χ0) is 24.8. The Balaban J connectivity index is 1.53. The average Bonchev–Trinajstić information content (AvgIpc) is 3.10. The SMILES string of the molecule is CC(=O)OC1=C([N+](=O)[O-])C[C@@]2(C)[C@@H](CC[C@H]3[C@H]2CC[C@@]2(C)[C@@H]3CC[C@H]2[C@H](C)CCCC(C)C)C1. The number of allylic oxidation sites excluding steroid dienone is 2. The summed E-state index contributed by atoms with van der Waals surface area (Å²) in [7, 11) is 0. The van der Waals surface area contributed by atoms with Gasteiger partial charge in [0.05, 0.1) is 4.92 Å². The van der Waals surface area contributed by atoms with Gasteiger partial charge >= 0.3 is 5.97 Å². The van der Waals surface area contributed by atoms with Gasteiger partial charge in [-0.25, -0.2) is 0 Å². The van der Waals surface area contributed by atoms with Gasteiger partial charge < -0.3 is 4.74 Å². The van der Waals surface area contributed by atoms with E-state index in [4.69, 9.17) is 4.74 Å². The summed E-state index contributed by atoms with van der Waals surface area (Å²) in [6.45, 7) is 13.4. The number of rotatable bonds is 7. The molecule has 0 unspecified atom stereocenters. The first-order chi connectivity index (χ1) is 16.0. The Morgan fingerprint density at radius 3 is 2.41 bits per heavy atom. The fraction of sp³-hybridized carbons (Fsp3) is 0.897. The minimum Gasteiger partial charge on any atom is -0.424 e. The molecule has 192 valence electrons. The summed E-state index contributed by atoms with van der Waals surface area (Å²) in [4.78, 5) is 23.3. The Hall–Kier alpha value is -1.39. The van der Waals surface area contributed by atoms with Crippen molar-refractivity contribution in [3.8, 4) is 0 Å². The Bertz CT molecular complexity index is 834. The first-order valence-corrected chi connectivity index (χ1v) is 14.0. The van der Waals surface area contributed by atoms with E-state index in [-0.39, 0.29) is 16.0 Å². The lowest BCUT2D eigenvalue weighted by molar-refractivity contribution is -0.436. The molecule has 0 saturated heterocycles. The van der Waals surface area contributed by atoms with Crippen molar-refractivity contribution in [2.24, 2.45) is 52.3 Å². The largest absolute Gasteiger partial charge is 0.424 e. The van der Waals surface area contributed by atoms with E-state index in [1.54, 1.807) is 0 Å². The zero-order valence-electron chi connectivity index (χ0n) is 22.4. The highest BCUT2D eigenvalue weighted by atomic mass is 16.6. The van der Waals surface area contributed by atoms with E-state index in [9.17, 15) is 14.9 Å². The maximum Gasteiger partial charge on any atom is 0.307 e. The van der Waals surface area contributed by atoms with Crippen LogP contribution in [0.5, 0.6) is 0 Å². The fourth-order valence-electron chi connectivity index (χ4n) is 9.41. The van der Waals surface area contributed by atoms with E-state index in [2.05, 4.69) is 34.6 Å². The molecule has 3 saturated carbocycles. The van der Waals surface area contributed by atoms with Crippen molar-refractivity contribution in [3.05, 3.63) is 21.6 Å². The van der Waals surface area contributed by atoms with Crippen LogP contribution in [-0.2, 0) is 9.53 Å². The molecule has 0 radical (unpaired) electrons. The summed E-state index contributed by atoms with van der Waals surface area (Å²) in [5, 5.41) is 12.0. The number of carbonyl (C=O) groups excluding carboxylic acids is 1. The van der Waals surface area contributed by atoms with Gasteiger partial charge in [0.2, 0.25) is 0 Å². The predicted octanol–water partition coefficient (Wildman–Crippen LogP) is 7.77. The van der Waals surface area contributed by atoms with Gasteiger partial charge in [-0.1, -0.05) is 53.9 Å². The molecule has 4 aliphatic rings. The molecule has 8 atom stereocenters. The number of esters is 1. The molecule has 5 nitrogen and oxygen atoms in total. The van der Waals surface area contributed by atoms with Gasteiger partial charge in [0.1, 0.15) is 0 Å². The molecule has 4 aliphatic carbocycles. The van der Waals surface area contributed by atoms with Gasteiger partial charge in [0.25, 0.3) is 5.70 Å². The summed E-state index contributed by atoms with van der Waals surface area (Å²) < 4.78 is 5.37. The van der Waals surface area contributed by atoms with E-state index < -0.39 is 5.97 Å². The Morgan fingerprint density at radius 2 is 1.76 bits per heavy atom. The number of nitro groups is 1. The van der Waals surface area contributed by atoms with Gasteiger partial charge in [-0.05, 0) is 90.8 Å². The summed E-state index contributed by atoms with van der Waals surface area (Å²) in [6, 6.07) is 0. The van der Waals surface area contributed by atoms with Crippen molar-refractivity contribution in [1.82, 2.24) is 0 Å². The molecule has 0 heterocycles. The maximum absolute atomic E-state index is 12.0. The summed E-state index contributed by atoms with van der Waals surface area (Å²) >= 11 is 0. The quantitative estimate of drug-likeness (QED) is 0.215. The number of fused-ring (bicyclic) bond motifs is 5. The van der Waals surface area contributed by atoms with E-state index in [0.29, 0.717) is 41.8 Å². The second-order valence-electron chi connectivity index (χ2n) is 13.3. The Labute approximate surface area is 206 Å². The average molecular weight is 474 g/mol. The smallest absolute Gasteiger partial charge is 0.307 e. The fourth-order valence-corrected chi connectivity index (χ4v) is 9.41. The van der Waals surface area contributed by atoms with Gasteiger partial charge in [-0.3, -0.25) is 14.9 Å². The Morgan fingerprint density at radius 1 is 1.06 bits per heavy atom. The van der Waals surface area contributed by atoms with Crippen LogP contribution < -0.4 is 0 Å². The van der Waals surface area contributed by atoms with Crippen molar-refractivity contribution >= 4 is 5.97 Å².